The van der Waals surface area contributed by atoms with Crippen LogP contribution in [-0.2, 0) is 19.7 Å². The second kappa shape index (κ2) is 8.92. The zero-order valence-electron chi connectivity index (χ0n) is 14.9. The fraction of sp³-hybridized carbons (Fsp3) is 0.278. The van der Waals surface area contributed by atoms with Crippen LogP contribution in [0.2, 0.25) is 10.0 Å². The topological polar surface area (TPSA) is 74.1 Å². The molecule has 0 saturated carbocycles. The average Bonchev–Trinajstić information content (AvgIpc) is 3.13. The summed E-state index contributed by atoms with van der Waals surface area (Å²) >= 11 is 12.2. The Bertz CT molecular complexity index is 917. The Kier molecular flexibility index (Phi) is 6.36. The second-order valence-electron chi connectivity index (χ2n) is 5.64. The summed E-state index contributed by atoms with van der Waals surface area (Å²) in [6.45, 7) is 3.40. The van der Waals surface area contributed by atoms with E-state index in [4.69, 9.17) is 32.7 Å². The number of rotatable bonds is 8. The highest BCUT2D eigenvalue weighted by Crippen LogP contribution is 2.33. The molecule has 3 aromatic rings. The Hall–Kier alpha value is -2.51. The van der Waals surface area contributed by atoms with Crippen LogP contribution < -0.4 is 14.8 Å². The molecule has 1 N–H and O–H groups in total. The predicted octanol–water partition coefficient (Wildman–Crippen LogP) is 4.20. The monoisotopic (exact) mass is 407 g/mol. The Balaban J connectivity index is 1.78. The zero-order valence-corrected chi connectivity index (χ0v) is 16.5. The molecular formula is C18H19Cl2N5O2. The van der Waals surface area contributed by atoms with Gasteiger partial charge in [-0.15, -0.1) is 0 Å². The molecule has 0 atom stereocenters. The number of halogens is 2. The molecule has 2 aromatic carbocycles. The van der Waals surface area contributed by atoms with Crippen LogP contribution >= 0.6 is 23.2 Å². The van der Waals surface area contributed by atoms with E-state index in [9.17, 15) is 0 Å². The van der Waals surface area contributed by atoms with Crippen LogP contribution in [0.15, 0.2) is 36.4 Å². The number of nitrogens with zero attached hydrogens (tertiary/aromatic N) is 4. The Morgan fingerprint density at radius 3 is 2.74 bits per heavy atom. The molecule has 0 aliphatic heterocycles. The SMILES string of the molecule is CCn1nnnc1NCc1cccc(OC)c1OCc1ccc(Cl)cc1Cl. The van der Waals surface area contributed by atoms with Gasteiger partial charge in [0.1, 0.15) is 6.61 Å². The number of nitrogens with one attached hydrogen (secondary N) is 1. The summed E-state index contributed by atoms with van der Waals surface area (Å²) in [6.07, 6.45) is 0. The predicted molar refractivity (Wildman–Crippen MR) is 105 cm³/mol. The number of tetrazole rings is 1. The van der Waals surface area contributed by atoms with E-state index in [1.165, 1.54) is 0 Å². The molecule has 0 aliphatic carbocycles. The lowest BCUT2D eigenvalue weighted by Gasteiger charge is -2.16. The summed E-state index contributed by atoms with van der Waals surface area (Å²) in [5, 5.41) is 15.9. The quantitative estimate of drug-likeness (QED) is 0.602. The number of hydrogen-bond donors (Lipinski definition) is 1. The standard InChI is InChI=1S/C18H19Cl2N5O2/c1-3-25-18(22-23-24-25)21-10-12-5-4-6-16(26-2)17(12)27-11-13-7-8-14(19)9-15(13)20/h4-9H,3,10-11H2,1-2H3,(H,21,22,24). The Labute approximate surface area is 167 Å². The van der Waals surface area contributed by atoms with Gasteiger partial charge in [-0.2, -0.15) is 0 Å². The van der Waals surface area contributed by atoms with Gasteiger partial charge in [0.05, 0.1) is 7.11 Å². The fourth-order valence-corrected chi connectivity index (χ4v) is 3.00. The smallest absolute Gasteiger partial charge is 0.243 e. The normalized spacial score (nSPS) is 10.7. The van der Waals surface area contributed by atoms with Crippen molar-refractivity contribution in [2.75, 3.05) is 12.4 Å². The van der Waals surface area contributed by atoms with Gasteiger partial charge in [0.15, 0.2) is 11.5 Å². The fourth-order valence-electron chi connectivity index (χ4n) is 2.53. The third-order valence-corrected chi connectivity index (χ3v) is 4.52. The van der Waals surface area contributed by atoms with Crippen LogP contribution in [0.5, 0.6) is 11.5 Å². The van der Waals surface area contributed by atoms with Crippen molar-refractivity contribution in [1.29, 1.82) is 0 Å². The summed E-state index contributed by atoms with van der Waals surface area (Å²) in [5.41, 5.74) is 1.74. The van der Waals surface area contributed by atoms with Crippen molar-refractivity contribution in [2.45, 2.75) is 26.6 Å². The minimum Gasteiger partial charge on any atom is -0.493 e. The van der Waals surface area contributed by atoms with Crippen molar-refractivity contribution in [2.24, 2.45) is 0 Å². The molecule has 0 fully saturated rings. The number of anilines is 1. The van der Waals surface area contributed by atoms with Crippen LogP contribution in [0, 0.1) is 0 Å². The number of hydrogen-bond acceptors (Lipinski definition) is 6. The van der Waals surface area contributed by atoms with Gasteiger partial charge in [0, 0.05) is 34.3 Å². The molecule has 0 aliphatic rings. The first-order chi connectivity index (χ1) is 13.1. The number of benzene rings is 2. The van der Waals surface area contributed by atoms with Crippen molar-refractivity contribution in [3.05, 3.63) is 57.6 Å². The van der Waals surface area contributed by atoms with Crippen molar-refractivity contribution in [3.63, 3.8) is 0 Å². The molecule has 142 valence electrons. The molecule has 1 aromatic heterocycles. The summed E-state index contributed by atoms with van der Waals surface area (Å²) in [7, 11) is 1.60. The molecule has 3 rings (SSSR count). The molecule has 0 radical (unpaired) electrons. The Morgan fingerprint density at radius 1 is 1.15 bits per heavy atom. The molecule has 27 heavy (non-hydrogen) atoms. The molecule has 0 bridgehead atoms. The molecule has 9 heteroatoms. The molecule has 0 amide bonds. The first-order valence-electron chi connectivity index (χ1n) is 8.35. The second-order valence-corrected chi connectivity index (χ2v) is 6.49. The number of aromatic nitrogens is 4. The third-order valence-electron chi connectivity index (χ3n) is 3.94. The molecule has 0 unspecified atom stereocenters. The highest BCUT2D eigenvalue weighted by molar-refractivity contribution is 6.35. The van der Waals surface area contributed by atoms with Gasteiger partial charge < -0.3 is 14.8 Å². The third kappa shape index (κ3) is 4.61. The van der Waals surface area contributed by atoms with Crippen molar-refractivity contribution < 1.29 is 9.47 Å². The number of para-hydroxylation sites is 1. The average molecular weight is 408 g/mol. The Morgan fingerprint density at radius 2 is 2.00 bits per heavy atom. The van der Waals surface area contributed by atoms with E-state index in [0.29, 0.717) is 40.6 Å². The van der Waals surface area contributed by atoms with E-state index >= 15 is 0 Å². The van der Waals surface area contributed by atoms with E-state index in [1.807, 2.05) is 31.2 Å². The van der Waals surface area contributed by atoms with Gasteiger partial charge >= 0.3 is 0 Å². The molecule has 7 nitrogen and oxygen atoms in total. The zero-order chi connectivity index (χ0) is 19.2. The summed E-state index contributed by atoms with van der Waals surface area (Å²) in [5.74, 6) is 1.86. The van der Waals surface area contributed by atoms with E-state index < -0.39 is 0 Å². The minimum atomic E-state index is 0.288. The summed E-state index contributed by atoms with van der Waals surface area (Å²) < 4.78 is 13.2. The van der Waals surface area contributed by atoms with Crippen molar-refractivity contribution in [3.8, 4) is 11.5 Å². The van der Waals surface area contributed by atoms with Gasteiger partial charge in [-0.1, -0.05) is 46.5 Å². The van der Waals surface area contributed by atoms with Gasteiger partial charge in [0.2, 0.25) is 5.95 Å². The summed E-state index contributed by atoms with van der Waals surface area (Å²) in [6, 6.07) is 11.0. The lowest BCUT2D eigenvalue weighted by Crippen LogP contribution is -2.09. The number of ether oxygens (including phenoxy) is 2. The van der Waals surface area contributed by atoms with E-state index in [1.54, 1.807) is 23.9 Å². The molecule has 1 heterocycles. The van der Waals surface area contributed by atoms with Gasteiger partial charge in [-0.05, 0) is 35.5 Å². The highest BCUT2D eigenvalue weighted by Gasteiger charge is 2.13. The lowest BCUT2D eigenvalue weighted by atomic mass is 10.1. The first kappa shape index (κ1) is 19.3. The van der Waals surface area contributed by atoms with Crippen LogP contribution in [0.3, 0.4) is 0 Å². The van der Waals surface area contributed by atoms with Gasteiger partial charge in [-0.25, -0.2) is 4.68 Å². The van der Waals surface area contributed by atoms with Gasteiger partial charge in [0.25, 0.3) is 0 Å². The first-order valence-corrected chi connectivity index (χ1v) is 9.10. The van der Waals surface area contributed by atoms with Crippen LogP contribution in [-0.4, -0.2) is 27.3 Å². The van der Waals surface area contributed by atoms with Crippen molar-refractivity contribution in [1.82, 2.24) is 20.2 Å². The van der Waals surface area contributed by atoms with E-state index in [-0.39, 0.29) is 6.61 Å². The van der Waals surface area contributed by atoms with Crippen LogP contribution in [0.25, 0.3) is 0 Å². The van der Waals surface area contributed by atoms with E-state index in [2.05, 4.69) is 20.8 Å². The van der Waals surface area contributed by atoms with Crippen LogP contribution in [0.4, 0.5) is 5.95 Å². The van der Waals surface area contributed by atoms with Gasteiger partial charge in [-0.3, -0.25) is 0 Å². The number of aryl methyl sites for hydroxylation is 1. The molecule has 0 saturated heterocycles. The molecule has 0 spiro atoms. The van der Waals surface area contributed by atoms with Crippen LogP contribution in [0.1, 0.15) is 18.1 Å². The minimum absolute atomic E-state index is 0.288. The highest BCUT2D eigenvalue weighted by atomic mass is 35.5. The maximum absolute atomic E-state index is 6.24. The maximum atomic E-state index is 6.24. The maximum Gasteiger partial charge on any atom is 0.243 e. The van der Waals surface area contributed by atoms with Crippen molar-refractivity contribution >= 4 is 29.2 Å². The lowest BCUT2D eigenvalue weighted by molar-refractivity contribution is 0.282. The number of methoxy groups -OCH3 is 1. The summed E-state index contributed by atoms with van der Waals surface area (Å²) in [4.78, 5) is 0. The largest absolute Gasteiger partial charge is 0.493 e. The van der Waals surface area contributed by atoms with E-state index in [0.717, 1.165) is 11.1 Å². The molecular weight excluding hydrogens is 389 g/mol.